The number of carbonyl (C=O) groups is 2. The smallest absolute Gasteiger partial charge is 0.242 e. The van der Waals surface area contributed by atoms with Crippen molar-refractivity contribution in [1.29, 1.82) is 0 Å². The van der Waals surface area contributed by atoms with Gasteiger partial charge in [0.15, 0.2) is 0 Å². The molecule has 2 aromatic carbocycles. The molecule has 0 aliphatic heterocycles. The molecule has 26 heavy (non-hydrogen) atoms. The Hall–Kier alpha value is -2.89. The van der Waals surface area contributed by atoms with Gasteiger partial charge < -0.3 is 15.4 Å². The Kier molecular flexibility index (Phi) is 7.61. The summed E-state index contributed by atoms with van der Waals surface area (Å²) in [6, 6.07) is 14.8. The van der Waals surface area contributed by atoms with Crippen LogP contribution in [0.15, 0.2) is 54.6 Å². The zero-order chi connectivity index (χ0) is 18.8. The number of nitrogens with one attached hydrogen (secondary N) is 2. The molecular formula is C20H23FN2O3. The van der Waals surface area contributed by atoms with Gasteiger partial charge in [0, 0.05) is 19.0 Å². The van der Waals surface area contributed by atoms with E-state index in [-0.39, 0.29) is 24.1 Å². The number of benzene rings is 2. The van der Waals surface area contributed by atoms with Gasteiger partial charge in [-0.25, -0.2) is 4.39 Å². The molecule has 0 aliphatic rings. The molecular weight excluding hydrogens is 335 g/mol. The van der Waals surface area contributed by atoms with Crippen molar-refractivity contribution in [1.82, 2.24) is 10.6 Å². The lowest BCUT2D eigenvalue weighted by Crippen LogP contribution is -2.44. The Bertz CT molecular complexity index is 722. The maximum atomic E-state index is 13.0. The van der Waals surface area contributed by atoms with Crippen LogP contribution in [0.25, 0.3) is 0 Å². The van der Waals surface area contributed by atoms with Gasteiger partial charge in [0.2, 0.25) is 11.8 Å². The van der Waals surface area contributed by atoms with Gasteiger partial charge in [0.1, 0.15) is 17.6 Å². The largest absolute Gasteiger partial charge is 0.493 e. The molecule has 0 fully saturated rings. The Morgan fingerprint density at radius 1 is 1.12 bits per heavy atom. The van der Waals surface area contributed by atoms with Crippen molar-refractivity contribution in [3.63, 3.8) is 0 Å². The molecule has 1 unspecified atom stereocenters. The molecule has 2 amide bonds. The number of halogens is 1. The Morgan fingerprint density at radius 3 is 2.62 bits per heavy atom. The highest BCUT2D eigenvalue weighted by Crippen LogP contribution is 2.12. The molecule has 0 radical (unpaired) electrons. The molecule has 5 nitrogen and oxygen atoms in total. The first-order valence-corrected chi connectivity index (χ1v) is 8.54. The average Bonchev–Trinajstić information content (AvgIpc) is 2.64. The van der Waals surface area contributed by atoms with E-state index >= 15 is 0 Å². The summed E-state index contributed by atoms with van der Waals surface area (Å²) >= 11 is 0. The van der Waals surface area contributed by atoms with Gasteiger partial charge in [-0.3, -0.25) is 9.59 Å². The van der Waals surface area contributed by atoms with Crippen molar-refractivity contribution >= 4 is 11.8 Å². The number of amides is 2. The minimum absolute atomic E-state index is 0.227. The summed E-state index contributed by atoms with van der Waals surface area (Å²) in [6.45, 7) is 2.36. The first kappa shape index (κ1) is 19.4. The Morgan fingerprint density at radius 2 is 1.88 bits per heavy atom. The molecule has 0 heterocycles. The van der Waals surface area contributed by atoms with Crippen LogP contribution >= 0.6 is 0 Å². The van der Waals surface area contributed by atoms with Crippen LogP contribution < -0.4 is 15.4 Å². The van der Waals surface area contributed by atoms with E-state index in [1.807, 2.05) is 30.3 Å². The Labute approximate surface area is 152 Å². The quantitative estimate of drug-likeness (QED) is 0.678. The third-order valence-corrected chi connectivity index (χ3v) is 3.69. The molecule has 2 aromatic rings. The monoisotopic (exact) mass is 358 g/mol. The van der Waals surface area contributed by atoms with Crippen molar-refractivity contribution in [2.75, 3.05) is 6.61 Å². The van der Waals surface area contributed by atoms with Crippen molar-refractivity contribution in [2.45, 2.75) is 32.4 Å². The lowest BCUT2D eigenvalue weighted by atomic mass is 10.2. The Balaban J connectivity index is 1.62. The van der Waals surface area contributed by atoms with Crippen LogP contribution in [0.2, 0.25) is 0 Å². The maximum absolute atomic E-state index is 13.0. The van der Waals surface area contributed by atoms with E-state index in [2.05, 4.69) is 10.6 Å². The summed E-state index contributed by atoms with van der Waals surface area (Å²) in [5, 5.41) is 5.44. The zero-order valence-corrected chi connectivity index (χ0v) is 14.7. The van der Waals surface area contributed by atoms with Crippen LogP contribution in [0, 0.1) is 5.82 Å². The first-order valence-electron chi connectivity index (χ1n) is 8.54. The second-order valence-electron chi connectivity index (χ2n) is 5.90. The van der Waals surface area contributed by atoms with Crippen LogP contribution in [0.1, 0.15) is 25.3 Å². The summed E-state index contributed by atoms with van der Waals surface area (Å²) < 4.78 is 18.4. The van der Waals surface area contributed by atoms with E-state index in [9.17, 15) is 14.0 Å². The van der Waals surface area contributed by atoms with E-state index in [1.165, 1.54) is 12.1 Å². The highest BCUT2D eigenvalue weighted by molar-refractivity contribution is 5.87. The van der Waals surface area contributed by atoms with Gasteiger partial charge >= 0.3 is 0 Å². The van der Waals surface area contributed by atoms with Crippen LogP contribution in [-0.2, 0) is 16.1 Å². The third-order valence-electron chi connectivity index (χ3n) is 3.69. The highest BCUT2D eigenvalue weighted by atomic mass is 19.1. The van der Waals surface area contributed by atoms with E-state index in [0.717, 1.165) is 5.56 Å². The maximum Gasteiger partial charge on any atom is 0.242 e. The number of carbonyl (C=O) groups excluding carboxylic acids is 2. The topological polar surface area (TPSA) is 67.4 Å². The SMILES string of the molecule is CC(NC(=O)CCCOc1cccc(F)c1)C(=O)NCc1ccccc1. The zero-order valence-electron chi connectivity index (χ0n) is 14.7. The van der Waals surface area contributed by atoms with E-state index in [1.54, 1.807) is 19.1 Å². The summed E-state index contributed by atoms with van der Waals surface area (Å²) in [4.78, 5) is 23.9. The second-order valence-corrected chi connectivity index (χ2v) is 5.90. The molecule has 0 saturated heterocycles. The summed E-state index contributed by atoms with van der Waals surface area (Å²) in [6.07, 6.45) is 0.701. The number of rotatable bonds is 9. The fourth-order valence-corrected chi connectivity index (χ4v) is 2.30. The number of hydrogen-bond donors (Lipinski definition) is 2. The molecule has 0 bridgehead atoms. The summed E-state index contributed by atoms with van der Waals surface area (Å²) in [5.74, 6) is -0.400. The highest BCUT2D eigenvalue weighted by Gasteiger charge is 2.14. The van der Waals surface area contributed by atoms with Crippen molar-refractivity contribution in [2.24, 2.45) is 0 Å². The summed E-state index contributed by atoms with van der Waals surface area (Å²) in [5.41, 5.74) is 0.994. The van der Waals surface area contributed by atoms with Crippen LogP contribution in [0.4, 0.5) is 4.39 Å². The van der Waals surface area contributed by atoms with Gasteiger partial charge in [-0.05, 0) is 31.0 Å². The predicted octanol–water partition coefficient (Wildman–Crippen LogP) is 2.81. The number of hydrogen-bond acceptors (Lipinski definition) is 3. The van der Waals surface area contributed by atoms with Crippen molar-refractivity contribution in [3.05, 3.63) is 66.0 Å². The van der Waals surface area contributed by atoms with E-state index in [0.29, 0.717) is 25.3 Å². The molecule has 138 valence electrons. The predicted molar refractivity (Wildman–Crippen MR) is 97.0 cm³/mol. The molecule has 0 spiro atoms. The second kappa shape index (κ2) is 10.2. The summed E-state index contributed by atoms with van der Waals surface area (Å²) in [7, 11) is 0. The third kappa shape index (κ3) is 6.93. The van der Waals surface area contributed by atoms with Crippen molar-refractivity contribution < 1.29 is 18.7 Å². The average molecular weight is 358 g/mol. The van der Waals surface area contributed by atoms with Gasteiger partial charge in [-0.1, -0.05) is 36.4 Å². The lowest BCUT2D eigenvalue weighted by Gasteiger charge is -2.14. The van der Waals surface area contributed by atoms with Crippen LogP contribution in [0.3, 0.4) is 0 Å². The van der Waals surface area contributed by atoms with E-state index < -0.39 is 6.04 Å². The molecule has 0 aromatic heterocycles. The molecule has 6 heteroatoms. The first-order chi connectivity index (χ1) is 12.5. The molecule has 2 N–H and O–H groups in total. The standard InChI is InChI=1S/C20H23FN2O3/c1-15(20(25)22-14-16-7-3-2-4-8-16)23-19(24)11-6-12-26-18-10-5-9-17(21)13-18/h2-5,7-10,13,15H,6,11-12,14H2,1H3,(H,22,25)(H,23,24). The van der Waals surface area contributed by atoms with Crippen LogP contribution in [0.5, 0.6) is 5.75 Å². The fraction of sp³-hybridized carbons (Fsp3) is 0.300. The molecule has 2 rings (SSSR count). The lowest BCUT2D eigenvalue weighted by molar-refractivity contribution is -0.128. The fourth-order valence-electron chi connectivity index (χ4n) is 2.30. The van der Waals surface area contributed by atoms with Gasteiger partial charge in [-0.15, -0.1) is 0 Å². The van der Waals surface area contributed by atoms with E-state index in [4.69, 9.17) is 4.74 Å². The van der Waals surface area contributed by atoms with Crippen molar-refractivity contribution in [3.8, 4) is 5.75 Å². The minimum Gasteiger partial charge on any atom is -0.493 e. The molecule has 0 saturated carbocycles. The normalized spacial score (nSPS) is 11.5. The molecule has 0 aliphatic carbocycles. The van der Waals surface area contributed by atoms with Gasteiger partial charge in [-0.2, -0.15) is 0 Å². The number of ether oxygens (including phenoxy) is 1. The van der Waals surface area contributed by atoms with Gasteiger partial charge in [0.05, 0.1) is 6.61 Å². The van der Waals surface area contributed by atoms with Gasteiger partial charge in [0.25, 0.3) is 0 Å². The minimum atomic E-state index is -0.615. The molecule has 1 atom stereocenters. The van der Waals surface area contributed by atoms with Crippen LogP contribution in [-0.4, -0.2) is 24.5 Å².